The van der Waals surface area contributed by atoms with Crippen LogP contribution in [0.5, 0.6) is 5.75 Å². The van der Waals surface area contributed by atoms with Crippen LogP contribution in [0.2, 0.25) is 0 Å². The SMILES string of the molecule is O=C1CCc2cc(OCCCC(=O)N3CCC(F)(C(=O)O)C3)ccc2N1. The number of hydrogen-bond donors (Lipinski definition) is 2. The average molecular weight is 364 g/mol. The van der Waals surface area contributed by atoms with Gasteiger partial charge < -0.3 is 20.1 Å². The predicted molar refractivity (Wildman–Crippen MR) is 90.8 cm³/mol. The van der Waals surface area contributed by atoms with E-state index in [9.17, 15) is 18.8 Å². The fourth-order valence-electron chi connectivity index (χ4n) is 3.18. The van der Waals surface area contributed by atoms with Crippen LogP contribution in [0.1, 0.15) is 31.2 Å². The minimum Gasteiger partial charge on any atom is -0.494 e. The van der Waals surface area contributed by atoms with Gasteiger partial charge in [-0.15, -0.1) is 0 Å². The first-order valence-corrected chi connectivity index (χ1v) is 8.63. The molecular formula is C18H21FN2O5. The van der Waals surface area contributed by atoms with Crippen molar-refractivity contribution in [3.63, 3.8) is 0 Å². The number of nitrogens with zero attached hydrogens (tertiary/aromatic N) is 1. The van der Waals surface area contributed by atoms with Gasteiger partial charge >= 0.3 is 5.97 Å². The number of carbonyl (C=O) groups is 3. The van der Waals surface area contributed by atoms with E-state index in [0.29, 0.717) is 31.6 Å². The molecule has 2 aliphatic heterocycles. The van der Waals surface area contributed by atoms with Gasteiger partial charge in [0.15, 0.2) is 0 Å². The number of fused-ring (bicyclic) bond motifs is 1. The van der Waals surface area contributed by atoms with Crippen LogP contribution < -0.4 is 10.1 Å². The molecule has 140 valence electrons. The van der Waals surface area contributed by atoms with Crippen molar-refractivity contribution in [3.8, 4) is 5.75 Å². The Morgan fingerprint density at radius 3 is 2.88 bits per heavy atom. The zero-order chi connectivity index (χ0) is 18.7. The molecule has 1 aromatic carbocycles. The monoisotopic (exact) mass is 364 g/mol. The third-order valence-corrected chi connectivity index (χ3v) is 4.73. The Morgan fingerprint density at radius 2 is 2.15 bits per heavy atom. The Kier molecular flexibility index (Phi) is 5.11. The number of nitrogens with one attached hydrogen (secondary N) is 1. The van der Waals surface area contributed by atoms with Gasteiger partial charge in [0.05, 0.1) is 13.2 Å². The predicted octanol–water partition coefficient (Wildman–Crippen LogP) is 1.76. The highest BCUT2D eigenvalue weighted by molar-refractivity contribution is 5.94. The molecule has 0 aromatic heterocycles. The summed E-state index contributed by atoms with van der Waals surface area (Å²) in [4.78, 5) is 35.5. The number of aryl methyl sites for hydroxylation is 1. The molecule has 0 radical (unpaired) electrons. The number of carboxylic acid groups (broad SMARTS) is 1. The smallest absolute Gasteiger partial charge is 0.343 e. The van der Waals surface area contributed by atoms with E-state index in [1.165, 1.54) is 4.90 Å². The van der Waals surface area contributed by atoms with E-state index < -0.39 is 18.2 Å². The minimum atomic E-state index is -2.33. The van der Waals surface area contributed by atoms with Crippen molar-refractivity contribution < 1.29 is 28.6 Å². The van der Waals surface area contributed by atoms with E-state index in [0.717, 1.165) is 11.3 Å². The molecule has 3 rings (SSSR count). The van der Waals surface area contributed by atoms with E-state index in [4.69, 9.17) is 9.84 Å². The Morgan fingerprint density at radius 1 is 1.35 bits per heavy atom. The maximum Gasteiger partial charge on any atom is 0.343 e. The molecule has 0 spiro atoms. The lowest BCUT2D eigenvalue weighted by Gasteiger charge is -2.18. The highest BCUT2D eigenvalue weighted by Gasteiger charge is 2.46. The maximum atomic E-state index is 14.0. The number of likely N-dealkylation sites (tertiary alicyclic amines) is 1. The number of carboxylic acids is 1. The Labute approximate surface area is 150 Å². The third kappa shape index (κ3) is 3.95. The molecule has 1 saturated heterocycles. The fourth-order valence-corrected chi connectivity index (χ4v) is 3.18. The number of ether oxygens (including phenoxy) is 1. The van der Waals surface area contributed by atoms with E-state index in [-0.39, 0.29) is 31.2 Å². The third-order valence-electron chi connectivity index (χ3n) is 4.73. The number of aliphatic carboxylic acids is 1. The topological polar surface area (TPSA) is 95.9 Å². The normalized spacial score (nSPS) is 21.9. The summed E-state index contributed by atoms with van der Waals surface area (Å²) in [5.41, 5.74) is -0.515. The maximum absolute atomic E-state index is 14.0. The number of alkyl halides is 1. The summed E-state index contributed by atoms with van der Waals surface area (Å²) in [6, 6.07) is 5.43. The molecule has 0 bridgehead atoms. The summed E-state index contributed by atoms with van der Waals surface area (Å²) in [5.74, 6) is -1.10. The first-order valence-electron chi connectivity index (χ1n) is 8.63. The molecule has 1 aromatic rings. The lowest BCUT2D eigenvalue weighted by Crippen LogP contribution is -2.38. The van der Waals surface area contributed by atoms with Crippen LogP contribution in [-0.4, -0.2) is 53.2 Å². The van der Waals surface area contributed by atoms with Gasteiger partial charge in [0.1, 0.15) is 5.75 Å². The number of halogens is 1. The van der Waals surface area contributed by atoms with Crippen LogP contribution in [0.25, 0.3) is 0 Å². The highest BCUT2D eigenvalue weighted by atomic mass is 19.1. The largest absolute Gasteiger partial charge is 0.494 e. The number of carbonyl (C=O) groups excluding carboxylic acids is 2. The number of anilines is 1. The number of hydrogen-bond acceptors (Lipinski definition) is 4. The Balaban J connectivity index is 1.43. The Hall–Kier alpha value is -2.64. The molecular weight excluding hydrogens is 343 g/mol. The lowest BCUT2D eigenvalue weighted by atomic mass is 10.0. The van der Waals surface area contributed by atoms with Gasteiger partial charge in [-0.3, -0.25) is 9.59 Å². The van der Waals surface area contributed by atoms with Crippen molar-refractivity contribution in [1.82, 2.24) is 4.90 Å². The van der Waals surface area contributed by atoms with Gasteiger partial charge in [0, 0.05) is 31.5 Å². The number of amides is 2. The number of rotatable bonds is 6. The molecule has 1 unspecified atom stereocenters. The summed E-state index contributed by atoms with van der Waals surface area (Å²) in [6.45, 7) is 0.0576. The van der Waals surface area contributed by atoms with Crippen LogP contribution in [0.4, 0.5) is 10.1 Å². The van der Waals surface area contributed by atoms with E-state index >= 15 is 0 Å². The molecule has 2 aliphatic rings. The zero-order valence-corrected chi connectivity index (χ0v) is 14.3. The van der Waals surface area contributed by atoms with Gasteiger partial charge in [-0.25, -0.2) is 9.18 Å². The van der Waals surface area contributed by atoms with Crippen molar-refractivity contribution in [1.29, 1.82) is 0 Å². The van der Waals surface area contributed by atoms with Crippen molar-refractivity contribution in [3.05, 3.63) is 23.8 Å². The van der Waals surface area contributed by atoms with Gasteiger partial charge in [0.2, 0.25) is 17.5 Å². The van der Waals surface area contributed by atoms with Crippen molar-refractivity contribution >= 4 is 23.5 Å². The van der Waals surface area contributed by atoms with Crippen LogP contribution in [-0.2, 0) is 20.8 Å². The second-order valence-electron chi connectivity index (χ2n) is 6.65. The van der Waals surface area contributed by atoms with Gasteiger partial charge in [-0.1, -0.05) is 0 Å². The second kappa shape index (κ2) is 7.31. The van der Waals surface area contributed by atoms with Gasteiger partial charge in [0.25, 0.3) is 0 Å². The van der Waals surface area contributed by atoms with Gasteiger partial charge in [-0.05, 0) is 36.6 Å². The summed E-state index contributed by atoms with van der Waals surface area (Å²) < 4.78 is 19.6. The highest BCUT2D eigenvalue weighted by Crippen LogP contribution is 2.28. The quantitative estimate of drug-likeness (QED) is 0.750. The minimum absolute atomic E-state index is 0.00629. The molecule has 8 heteroatoms. The van der Waals surface area contributed by atoms with Crippen molar-refractivity contribution in [2.75, 3.05) is 25.0 Å². The summed E-state index contributed by atoms with van der Waals surface area (Å²) >= 11 is 0. The summed E-state index contributed by atoms with van der Waals surface area (Å²) in [6.07, 6.45) is 1.58. The van der Waals surface area contributed by atoms with E-state index in [2.05, 4.69) is 5.32 Å². The van der Waals surface area contributed by atoms with Gasteiger partial charge in [-0.2, -0.15) is 0 Å². The van der Waals surface area contributed by atoms with Crippen LogP contribution in [0, 0.1) is 0 Å². The lowest BCUT2D eigenvalue weighted by molar-refractivity contribution is -0.150. The molecule has 2 amide bonds. The molecule has 2 N–H and O–H groups in total. The second-order valence-corrected chi connectivity index (χ2v) is 6.65. The molecule has 1 fully saturated rings. The summed E-state index contributed by atoms with van der Waals surface area (Å²) in [5, 5.41) is 11.7. The zero-order valence-electron chi connectivity index (χ0n) is 14.3. The molecule has 7 nitrogen and oxygen atoms in total. The first kappa shape index (κ1) is 18.2. The standard InChI is InChI=1S/C18H21FN2O5/c19-18(17(24)25)7-8-21(11-18)16(23)2-1-9-26-13-4-5-14-12(10-13)3-6-15(22)20-14/h4-5,10H,1-3,6-9,11H2,(H,20,22)(H,24,25). The summed E-state index contributed by atoms with van der Waals surface area (Å²) in [7, 11) is 0. The first-order chi connectivity index (χ1) is 12.4. The Bertz CT molecular complexity index is 738. The molecule has 0 aliphatic carbocycles. The van der Waals surface area contributed by atoms with Crippen LogP contribution >= 0.6 is 0 Å². The van der Waals surface area contributed by atoms with E-state index in [1.54, 1.807) is 12.1 Å². The van der Waals surface area contributed by atoms with Crippen LogP contribution in [0.3, 0.4) is 0 Å². The average Bonchev–Trinajstić information content (AvgIpc) is 3.02. The fraction of sp³-hybridized carbons (Fsp3) is 0.500. The number of benzene rings is 1. The molecule has 0 saturated carbocycles. The van der Waals surface area contributed by atoms with Crippen LogP contribution in [0.15, 0.2) is 18.2 Å². The van der Waals surface area contributed by atoms with Crippen molar-refractivity contribution in [2.24, 2.45) is 0 Å². The molecule has 2 heterocycles. The van der Waals surface area contributed by atoms with Crippen molar-refractivity contribution in [2.45, 2.75) is 37.8 Å². The van der Waals surface area contributed by atoms with E-state index in [1.807, 2.05) is 6.07 Å². The molecule has 1 atom stereocenters. The molecule has 26 heavy (non-hydrogen) atoms.